The lowest BCUT2D eigenvalue weighted by Gasteiger charge is -2.19. The fourth-order valence-corrected chi connectivity index (χ4v) is 1.68. The van der Waals surface area contributed by atoms with E-state index >= 15 is 0 Å². The van der Waals surface area contributed by atoms with Crippen molar-refractivity contribution in [3.63, 3.8) is 0 Å². The lowest BCUT2D eigenvalue weighted by Crippen LogP contribution is -2.31. The molecule has 0 unspecified atom stereocenters. The van der Waals surface area contributed by atoms with E-state index in [1.165, 1.54) is 6.08 Å². The maximum Gasteiger partial charge on any atom is 0.328 e. The van der Waals surface area contributed by atoms with Crippen LogP contribution in [0.4, 0.5) is 0 Å². The van der Waals surface area contributed by atoms with Crippen molar-refractivity contribution >= 4 is 18.0 Å². The summed E-state index contributed by atoms with van der Waals surface area (Å²) in [6.07, 6.45) is 2.81. The Labute approximate surface area is 117 Å². The third kappa shape index (κ3) is 4.58. The van der Waals surface area contributed by atoms with Crippen LogP contribution in [0.2, 0.25) is 0 Å². The Hall–Kier alpha value is -2.61. The summed E-state index contributed by atoms with van der Waals surface area (Å²) >= 11 is 0. The van der Waals surface area contributed by atoms with Gasteiger partial charge >= 0.3 is 5.97 Å². The lowest BCUT2D eigenvalue weighted by molar-refractivity contribution is -0.131. The van der Waals surface area contributed by atoms with Crippen LogP contribution >= 0.6 is 0 Å². The van der Waals surface area contributed by atoms with Crippen LogP contribution < -0.4 is 0 Å². The van der Waals surface area contributed by atoms with E-state index in [2.05, 4.69) is 0 Å². The van der Waals surface area contributed by atoms with E-state index in [9.17, 15) is 9.59 Å². The van der Waals surface area contributed by atoms with E-state index in [1.807, 2.05) is 13.0 Å². The van der Waals surface area contributed by atoms with Gasteiger partial charge in [0.05, 0.1) is 12.5 Å². The molecule has 0 radical (unpaired) electrons. The molecule has 5 heteroatoms. The first-order valence-electron chi connectivity index (χ1n) is 6.25. The quantitative estimate of drug-likeness (QED) is 0.804. The molecule has 20 heavy (non-hydrogen) atoms. The zero-order chi connectivity index (χ0) is 15.0. The monoisotopic (exact) mass is 272 g/mol. The highest BCUT2D eigenvalue weighted by molar-refractivity contribution is 5.94. The van der Waals surface area contributed by atoms with Gasteiger partial charge in [-0.2, -0.15) is 5.26 Å². The first-order chi connectivity index (χ1) is 9.58. The Morgan fingerprint density at radius 3 is 2.50 bits per heavy atom. The highest BCUT2D eigenvalue weighted by Gasteiger charge is 2.13. The lowest BCUT2D eigenvalue weighted by atomic mass is 10.1. The molecule has 0 bridgehead atoms. The van der Waals surface area contributed by atoms with Crippen LogP contribution in [-0.2, 0) is 4.79 Å². The van der Waals surface area contributed by atoms with E-state index in [0.717, 1.165) is 6.08 Å². The first-order valence-corrected chi connectivity index (χ1v) is 6.25. The van der Waals surface area contributed by atoms with Crippen molar-refractivity contribution in [2.75, 3.05) is 13.1 Å². The van der Waals surface area contributed by atoms with Gasteiger partial charge in [-0.25, -0.2) is 4.79 Å². The minimum Gasteiger partial charge on any atom is -0.478 e. The summed E-state index contributed by atoms with van der Waals surface area (Å²) < 4.78 is 0. The van der Waals surface area contributed by atoms with Crippen molar-refractivity contribution in [2.45, 2.75) is 13.3 Å². The summed E-state index contributed by atoms with van der Waals surface area (Å²) in [5.74, 6) is -1.14. The van der Waals surface area contributed by atoms with Gasteiger partial charge in [0, 0.05) is 24.7 Å². The number of carboxylic acids is 1. The number of nitriles is 1. The third-order valence-corrected chi connectivity index (χ3v) is 2.74. The van der Waals surface area contributed by atoms with Gasteiger partial charge in [0.25, 0.3) is 5.91 Å². The molecule has 0 saturated heterocycles. The second-order valence-electron chi connectivity index (χ2n) is 4.09. The number of aliphatic carboxylic acids is 1. The van der Waals surface area contributed by atoms with E-state index in [0.29, 0.717) is 30.6 Å². The average molecular weight is 272 g/mol. The van der Waals surface area contributed by atoms with Crippen LogP contribution in [0.15, 0.2) is 30.3 Å². The highest BCUT2D eigenvalue weighted by Crippen LogP contribution is 2.09. The molecule has 0 fully saturated rings. The number of hydrogen-bond donors (Lipinski definition) is 1. The van der Waals surface area contributed by atoms with Crippen molar-refractivity contribution in [3.8, 4) is 6.07 Å². The molecule has 0 aliphatic heterocycles. The van der Waals surface area contributed by atoms with Crippen molar-refractivity contribution in [1.82, 2.24) is 4.90 Å². The molecule has 0 spiro atoms. The summed E-state index contributed by atoms with van der Waals surface area (Å²) in [6.45, 7) is 2.81. The molecular weight excluding hydrogens is 256 g/mol. The summed E-state index contributed by atoms with van der Waals surface area (Å²) in [4.78, 5) is 24.2. The molecule has 1 N–H and O–H groups in total. The van der Waals surface area contributed by atoms with Gasteiger partial charge in [0.1, 0.15) is 0 Å². The molecule has 104 valence electrons. The summed E-state index contributed by atoms with van der Waals surface area (Å²) in [6, 6.07) is 8.69. The topological polar surface area (TPSA) is 81.4 Å². The van der Waals surface area contributed by atoms with Crippen molar-refractivity contribution < 1.29 is 14.7 Å². The van der Waals surface area contributed by atoms with Gasteiger partial charge in [-0.15, -0.1) is 0 Å². The van der Waals surface area contributed by atoms with E-state index in [-0.39, 0.29) is 5.91 Å². The van der Waals surface area contributed by atoms with E-state index in [4.69, 9.17) is 10.4 Å². The minimum absolute atomic E-state index is 0.128. The molecule has 0 atom stereocenters. The molecule has 0 aliphatic carbocycles. The number of nitrogens with zero attached hydrogens (tertiary/aromatic N) is 2. The second kappa shape index (κ2) is 7.74. The van der Waals surface area contributed by atoms with Gasteiger partial charge in [-0.3, -0.25) is 4.79 Å². The van der Waals surface area contributed by atoms with Crippen molar-refractivity contribution in [2.24, 2.45) is 0 Å². The summed E-state index contributed by atoms with van der Waals surface area (Å²) in [7, 11) is 0. The van der Waals surface area contributed by atoms with Crippen molar-refractivity contribution in [3.05, 3.63) is 41.5 Å². The predicted molar refractivity (Wildman–Crippen MR) is 74.9 cm³/mol. The number of amides is 1. The van der Waals surface area contributed by atoms with E-state index < -0.39 is 5.97 Å². The molecule has 0 saturated carbocycles. The molecule has 0 aliphatic rings. The van der Waals surface area contributed by atoms with Crippen LogP contribution in [0.3, 0.4) is 0 Å². The number of carbonyl (C=O) groups is 2. The zero-order valence-electron chi connectivity index (χ0n) is 11.2. The van der Waals surface area contributed by atoms with Gasteiger partial charge in [-0.05, 0) is 30.7 Å². The van der Waals surface area contributed by atoms with Crippen LogP contribution in [-0.4, -0.2) is 35.0 Å². The van der Waals surface area contributed by atoms with Crippen LogP contribution in [0, 0.1) is 11.3 Å². The normalized spacial score (nSPS) is 10.2. The molecule has 1 aromatic rings. The molecule has 5 nitrogen and oxygen atoms in total. The van der Waals surface area contributed by atoms with Gasteiger partial charge in [0.2, 0.25) is 0 Å². The van der Waals surface area contributed by atoms with Crippen molar-refractivity contribution in [1.29, 1.82) is 5.26 Å². The third-order valence-electron chi connectivity index (χ3n) is 2.74. The van der Waals surface area contributed by atoms with Crippen LogP contribution in [0.1, 0.15) is 29.3 Å². The minimum atomic E-state index is -1.01. The Bertz CT molecular complexity index is 541. The van der Waals surface area contributed by atoms with Crippen LogP contribution in [0.5, 0.6) is 0 Å². The second-order valence-corrected chi connectivity index (χ2v) is 4.09. The van der Waals surface area contributed by atoms with Gasteiger partial charge in [-0.1, -0.05) is 12.1 Å². The Balaban J connectivity index is 2.79. The first kappa shape index (κ1) is 15.4. The highest BCUT2D eigenvalue weighted by atomic mass is 16.4. The van der Waals surface area contributed by atoms with Gasteiger partial charge < -0.3 is 10.0 Å². The fraction of sp³-hybridized carbons (Fsp3) is 0.267. The maximum atomic E-state index is 12.2. The van der Waals surface area contributed by atoms with Gasteiger partial charge in [0.15, 0.2) is 0 Å². The predicted octanol–water partition coefficient (Wildman–Crippen LogP) is 2.16. The number of benzene rings is 1. The Morgan fingerprint density at radius 2 is 2.00 bits per heavy atom. The smallest absolute Gasteiger partial charge is 0.328 e. The van der Waals surface area contributed by atoms with E-state index in [1.54, 1.807) is 29.2 Å². The number of carboxylic acid groups (broad SMARTS) is 1. The molecule has 1 rings (SSSR count). The maximum absolute atomic E-state index is 12.2. The molecular formula is C15H16N2O3. The number of hydrogen-bond acceptors (Lipinski definition) is 3. The number of carbonyl (C=O) groups excluding carboxylic acids is 1. The Kier molecular flexibility index (Phi) is 5.98. The SMILES string of the molecule is CCN(CCC#N)C(=O)c1ccc(C=CC(=O)O)cc1. The fourth-order valence-electron chi connectivity index (χ4n) is 1.68. The molecule has 1 aromatic carbocycles. The zero-order valence-corrected chi connectivity index (χ0v) is 11.2. The molecule has 0 aromatic heterocycles. The molecule has 0 heterocycles. The standard InChI is InChI=1S/C15H16N2O3/c1-2-17(11-3-10-16)15(20)13-7-4-12(5-8-13)6-9-14(18)19/h4-9H,2-3,11H2,1H3,(H,18,19). The molecule has 1 amide bonds. The van der Waals surface area contributed by atoms with Crippen LogP contribution in [0.25, 0.3) is 6.08 Å². The summed E-state index contributed by atoms with van der Waals surface area (Å²) in [5, 5.41) is 17.1. The average Bonchev–Trinajstić information content (AvgIpc) is 2.46. The largest absolute Gasteiger partial charge is 0.478 e. The Morgan fingerprint density at radius 1 is 1.35 bits per heavy atom. The summed E-state index contributed by atoms with van der Waals surface area (Å²) in [5.41, 5.74) is 1.24. The number of rotatable bonds is 6.